The highest BCUT2D eigenvalue weighted by molar-refractivity contribution is 7.85. The Labute approximate surface area is 333 Å². The number of amides is 2. The van der Waals surface area contributed by atoms with Crippen LogP contribution in [0.1, 0.15) is 23.1 Å². The number of carboxylic acid groups (broad SMARTS) is 2. The Kier molecular flexibility index (Phi) is 11.4. The van der Waals surface area contributed by atoms with E-state index in [1.807, 2.05) is 13.8 Å². The minimum absolute atomic E-state index is 0.00101. The number of fused-ring (bicyclic) bond motifs is 1. The molecular weight excluding hydrogens is 849 g/mol. The monoisotopic (exact) mass is 878 g/mol. The Morgan fingerprint density at radius 2 is 1.45 bits per heavy atom. The molecule has 306 valence electrons. The van der Waals surface area contributed by atoms with Crippen LogP contribution >= 0.6 is 22.7 Å². The van der Waals surface area contributed by atoms with Gasteiger partial charge in [0.25, 0.3) is 31.4 Å². The molecule has 0 radical (unpaired) electrons. The molecule has 0 atom stereocenters. The first kappa shape index (κ1) is 41.7. The number of cyclic esters (lactones) is 1. The molecule has 6 rings (SSSR count). The Bertz CT molecular complexity index is 3040. The second-order valence-corrected chi connectivity index (χ2v) is 17.7. The molecule has 2 aliphatic rings. The lowest BCUT2D eigenvalue weighted by Gasteiger charge is -2.19. The molecule has 0 bridgehead atoms. The molecule has 2 amide bonds. The standard InChI is InChI=1S/C34H30N4O16S4/c1-17-11-21-22(12-18(17)2)53-23(35(21)9-6-10-57(47,48)49)13-20(19-7-4-3-5-8-19)27-30(44)38(16-58(50,51)52)33(55-27)28-31(45)36(14-24(39)40)32(56-28)26-29(43)37(15-25(41)42)34(46)54-26/h3-5,7-8,11-13H,6,9-10,14-16H2,1-2H3,(H,39,40)(H,41,42)(H,47,48,49)(H,50,51,52)/b23-13-,27-20-,32-26+,33-28+. The number of carboxylic acids is 2. The van der Waals surface area contributed by atoms with Crippen molar-refractivity contribution in [3.63, 3.8) is 0 Å². The van der Waals surface area contributed by atoms with E-state index in [0.717, 1.165) is 11.1 Å². The smallest absolute Gasteiger partial charge is 0.423 e. The van der Waals surface area contributed by atoms with Crippen LogP contribution in [-0.2, 0) is 51.8 Å². The molecule has 4 aromatic rings. The number of carbonyl (C=O) groups is 4. The highest BCUT2D eigenvalue weighted by Gasteiger charge is 2.40. The number of aromatic nitrogens is 2. The molecule has 2 aromatic carbocycles. The summed E-state index contributed by atoms with van der Waals surface area (Å²) in [5.41, 5.74) is 0.441. The lowest BCUT2D eigenvalue weighted by molar-refractivity contribution is -0.140. The Hall–Kier alpha value is -5.92. The molecule has 0 unspecified atom stereocenters. The fourth-order valence-electron chi connectivity index (χ4n) is 5.94. The van der Waals surface area contributed by atoms with E-state index in [9.17, 15) is 59.8 Å². The number of anilines is 1. The lowest BCUT2D eigenvalue weighted by Crippen LogP contribution is -2.35. The van der Waals surface area contributed by atoms with E-state index in [1.54, 1.807) is 47.4 Å². The van der Waals surface area contributed by atoms with Crippen LogP contribution in [0.3, 0.4) is 0 Å². The number of carbonyl (C=O) groups excluding carboxylic acids is 2. The van der Waals surface area contributed by atoms with Crippen molar-refractivity contribution < 1.29 is 64.8 Å². The summed E-state index contributed by atoms with van der Waals surface area (Å²) in [6.45, 7) is 1.42. The van der Waals surface area contributed by atoms with Crippen LogP contribution in [0.15, 0.2) is 64.0 Å². The molecule has 4 heterocycles. The number of aryl methyl sites for hydroxylation is 2. The predicted octanol–water partition coefficient (Wildman–Crippen LogP) is 0.356. The van der Waals surface area contributed by atoms with E-state index in [2.05, 4.69) is 0 Å². The summed E-state index contributed by atoms with van der Waals surface area (Å²) in [7, 11) is -9.39. The maximum absolute atomic E-state index is 14.4. The van der Waals surface area contributed by atoms with Crippen molar-refractivity contribution in [3.8, 4) is 5.75 Å². The zero-order chi connectivity index (χ0) is 42.4. The number of hydrogen-bond donors (Lipinski definition) is 4. The fraction of sp³-hybridized carbons (Fsp3) is 0.235. The molecule has 1 fully saturated rings. The minimum atomic E-state index is -5.04. The molecule has 0 saturated carbocycles. The van der Waals surface area contributed by atoms with Gasteiger partial charge in [-0.25, -0.2) is 9.69 Å². The normalized spacial score (nSPS) is 17.1. The molecule has 1 saturated heterocycles. The van der Waals surface area contributed by atoms with E-state index in [0.29, 0.717) is 48.8 Å². The summed E-state index contributed by atoms with van der Waals surface area (Å²) in [6.07, 6.45) is -0.0726. The van der Waals surface area contributed by atoms with Crippen LogP contribution in [0.25, 0.3) is 11.3 Å². The van der Waals surface area contributed by atoms with Gasteiger partial charge in [-0.05, 0) is 49.1 Å². The van der Waals surface area contributed by atoms with Gasteiger partial charge in [0, 0.05) is 18.2 Å². The van der Waals surface area contributed by atoms with Crippen molar-refractivity contribution in [1.82, 2.24) is 14.0 Å². The Morgan fingerprint density at radius 3 is 2.07 bits per heavy atom. The molecular formula is C34H30N4O16S4. The third-order valence-electron chi connectivity index (χ3n) is 8.61. The maximum Gasteiger partial charge on any atom is 0.423 e. The molecule has 4 N–H and O–H groups in total. The predicted molar refractivity (Wildman–Crippen MR) is 204 cm³/mol. The second-order valence-electron chi connectivity index (χ2n) is 12.7. The first-order chi connectivity index (χ1) is 27.1. The molecule has 58 heavy (non-hydrogen) atoms. The van der Waals surface area contributed by atoms with E-state index in [1.165, 1.54) is 6.08 Å². The van der Waals surface area contributed by atoms with Gasteiger partial charge in [-0.3, -0.25) is 42.2 Å². The highest BCUT2D eigenvalue weighted by atomic mass is 32.2. The van der Waals surface area contributed by atoms with E-state index in [-0.39, 0.29) is 33.9 Å². The largest absolute Gasteiger partial charge is 0.480 e. The summed E-state index contributed by atoms with van der Waals surface area (Å²) in [6, 6.07) is 11.7. The molecule has 0 aliphatic carbocycles. The van der Waals surface area contributed by atoms with Crippen LogP contribution in [0.4, 0.5) is 10.5 Å². The zero-order valence-electron chi connectivity index (χ0n) is 30.0. The maximum atomic E-state index is 14.4. The van der Waals surface area contributed by atoms with Crippen molar-refractivity contribution in [2.75, 3.05) is 23.7 Å². The van der Waals surface area contributed by atoms with Gasteiger partial charge in [0.2, 0.25) is 11.6 Å². The molecule has 24 heteroatoms. The van der Waals surface area contributed by atoms with Gasteiger partial charge >= 0.3 is 23.9 Å². The molecule has 2 aromatic heterocycles. The quantitative estimate of drug-likeness (QED) is 0.140. The number of rotatable bonds is 12. The summed E-state index contributed by atoms with van der Waals surface area (Å²) in [5.74, 6) is -6.97. The minimum Gasteiger partial charge on any atom is -0.480 e. The summed E-state index contributed by atoms with van der Waals surface area (Å²) in [5, 5.41) is 18.8. The van der Waals surface area contributed by atoms with Gasteiger partial charge in [-0.2, -0.15) is 16.8 Å². The average molecular weight is 879 g/mol. The molecule has 0 spiro atoms. The number of nitrogens with zero attached hydrogens (tertiary/aromatic N) is 4. The van der Waals surface area contributed by atoms with Gasteiger partial charge in [0.05, 0.1) is 11.4 Å². The third-order valence-corrected chi connectivity index (χ3v) is 12.5. The molecule has 2 aliphatic heterocycles. The summed E-state index contributed by atoms with van der Waals surface area (Å²) in [4.78, 5) is 78.9. The number of aliphatic carboxylic acids is 2. The number of benzene rings is 2. The fourth-order valence-corrected chi connectivity index (χ4v) is 9.52. The van der Waals surface area contributed by atoms with Crippen LogP contribution in [-0.4, -0.2) is 93.0 Å². The first-order valence-electron chi connectivity index (χ1n) is 16.6. The van der Waals surface area contributed by atoms with Crippen LogP contribution in [0.5, 0.6) is 5.75 Å². The molecule has 20 nitrogen and oxygen atoms in total. The number of allylic oxidation sites excluding steroid dienone is 1. The van der Waals surface area contributed by atoms with Gasteiger partial charge < -0.3 is 24.6 Å². The topological polar surface area (TPSA) is 286 Å². The van der Waals surface area contributed by atoms with Crippen molar-refractivity contribution in [3.05, 3.63) is 110 Å². The Balaban J connectivity index is 1.72. The van der Waals surface area contributed by atoms with Crippen LogP contribution < -0.4 is 30.0 Å². The number of imide groups is 1. The summed E-state index contributed by atoms with van der Waals surface area (Å²) < 4.78 is 77.8. The van der Waals surface area contributed by atoms with Crippen molar-refractivity contribution >= 4 is 83.9 Å². The Morgan fingerprint density at radius 1 is 0.793 bits per heavy atom. The van der Waals surface area contributed by atoms with Crippen LogP contribution in [0, 0.1) is 23.0 Å². The number of hydrogen-bond acceptors (Lipinski definition) is 15. The average Bonchev–Trinajstić information content (AvgIpc) is 3.80. The van der Waals surface area contributed by atoms with Crippen LogP contribution in [0.2, 0.25) is 0 Å². The lowest BCUT2D eigenvalue weighted by atomic mass is 10.1. The van der Waals surface area contributed by atoms with Gasteiger partial charge in [-0.1, -0.05) is 30.3 Å². The van der Waals surface area contributed by atoms with Gasteiger partial charge in [0.1, 0.15) is 31.5 Å². The van der Waals surface area contributed by atoms with E-state index >= 15 is 0 Å². The highest BCUT2D eigenvalue weighted by Crippen LogP contribution is 2.41. The van der Waals surface area contributed by atoms with E-state index < -0.39 is 99.6 Å². The third kappa shape index (κ3) is 8.65. The second kappa shape index (κ2) is 15.8. The SMILES string of the molecule is Cc1cc2c(cc1C)N(CCCS(=O)(=O)O)/C(=C/C(c1ccccc1)=c1/s/c(=c3/s/c(=C4/OC(=O)N(CC(=O)O)C4=O)n(CC(=O)O)c3=O)n(CS(=O)(=O)O)c1=O)O2. The van der Waals surface area contributed by atoms with Crippen molar-refractivity contribution in [2.24, 2.45) is 0 Å². The van der Waals surface area contributed by atoms with Gasteiger partial charge in [0.15, 0.2) is 11.6 Å². The number of ether oxygens (including phenoxy) is 2. The van der Waals surface area contributed by atoms with Crippen molar-refractivity contribution in [2.45, 2.75) is 32.7 Å². The van der Waals surface area contributed by atoms with Crippen molar-refractivity contribution in [1.29, 1.82) is 0 Å². The first-order valence-corrected chi connectivity index (χ1v) is 21.4. The van der Waals surface area contributed by atoms with E-state index in [4.69, 9.17) is 14.6 Å². The van der Waals surface area contributed by atoms with Gasteiger partial charge in [-0.15, -0.1) is 22.7 Å². The number of thiazole rings is 2. The summed E-state index contributed by atoms with van der Waals surface area (Å²) >= 11 is 0.890. The zero-order valence-corrected chi connectivity index (χ0v) is 33.2.